The fourth-order valence-electron chi connectivity index (χ4n) is 2.57. The summed E-state index contributed by atoms with van der Waals surface area (Å²) in [4.78, 5) is 6.89. The zero-order valence-corrected chi connectivity index (χ0v) is 12.8. The van der Waals surface area contributed by atoms with Crippen LogP contribution in [-0.2, 0) is 0 Å². The van der Waals surface area contributed by atoms with E-state index in [2.05, 4.69) is 44.7 Å². The minimum absolute atomic E-state index is 0.277. The molecular formula is C14H21N5S. The monoisotopic (exact) mass is 291 g/mol. The predicted octanol–water partition coefficient (Wildman–Crippen LogP) is 2.41. The molecule has 5 nitrogen and oxygen atoms in total. The molecule has 0 aliphatic carbocycles. The van der Waals surface area contributed by atoms with Gasteiger partial charge >= 0.3 is 0 Å². The second-order valence-corrected chi connectivity index (χ2v) is 6.70. The highest BCUT2D eigenvalue weighted by Crippen LogP contribution is 2.31. The fraction of sp³-hybridized carbons (Fsp3) is 0.571. The molecule has 0 spiro atoms. The van der Waals surface area contributed by atoms with Gasteiger partial charge in [0.15, 0.2) is 5.82 Å². The molecule has 3 N–H and O–H groups in total. The van der Waals surface area contributed by atoms with Crippen molar-refractivity contribution in [2.24, 2.45) is 11.1 Å². The van der Waals surface area contributed by atoms with Gasteiger partial charge in [-0.15, -0.1) is 5.10 Å². The van der Waals surface area contributed by atoms with Crippen LogP contribution >= 0.6 is 11.3 Å². The third-order valence-electron chi connectivity index (χ3n) is 4.33. The van der Waals surface area contributed by atoms with E-state index in [1.54, 1.807) is 11.3 Å². The Morgan fingerprint density at radius 2 is 2.15 bits per heavy atom. The van der Waals surface area contributed by atoms with Gasteiger partial charge < -0.3 is 10.6 Å². The standard InChI is InChI=1S/C14H21N5S/c1-10-7-20-8-11(10)12-16-13(18-17-12)19-5-3-14(2,9-15)4-6-19/h7-8H,3-6,9,15H2,1-2H3,(H,16,17,18). The van der Waals surface area contributed by atoms with Crippen LogP contribution in [0, 0.1) is 12.3 Å². The summed E-state index contributed by atoms with van der Waals surface area (Å²) in [7, 11) is 0. The van der Waals surface area contributed by atoms with Crippen molar-refractivity contribution in [3.05, 3.63) is 16.3 Å². The first-order chi connectivity index (χ1) is 9.61. The van der Waals surface area contributed by atoms with Gasteiger partial charge in [-0.25, -0.2) is 0 Å². The highest BCUT2D eigenvalue weighted by atomic mass is 32.1. The Labute approximate surface area is 123 Å². The van der Waals surface area contributed by atoms with Gasteiger partial charge in [0.2, 0.25) is 5.95 Å². The van der Waals surface area contributed by atoms with E-state index in [1.807, 2.05) is 0 Å². The number of hydrogen-bond donors (Lipinski definition) is 2. The molecule has 0 radical (unpaired) electrons. The van der Waals surface area contributed by atoms with Crippen molar-refractivity contribution in [1.29, 1.82) is 0 Å². The Hall–Kier alpha value is -1.40. The van der Waals surface area contributed by atoms with Gasteiger partial charge in [-0.3, -0.25) is 5.10 Å². The molecule has 1 aliphatic heterocycles. The average molecular weight is 291 g/mol. The van der Waals surface area contributed by atoms with Gasteiger partial charge in [0.1, 0.15) is 0 Å². The van der Waals surface area contributed by atoms with Crippen molar-refractivity contribution >= 4 is 17.3 Å². The molecule has 0 unspecified atom stereocenters. The number of nitrogens with zero attached hydrogens (tertiary/aromatic N) is 3. The Bertz CT molecular complexity index is 580. The van der Waals surface area contributed by atoms with E-state index in [0.29, 0.717) is 0 Å². The van der Waals surface area contributed by atoms with E-state index in [1.165, 1.54) is 5.56 Å². The Morgan fingerprint density at radius 3 is 2.75 bits per heavy atom. The zero-order chi connectivity index (χ0) is 14.2. The van der Waals surface area contributed by atoms with Crippen LogP contribution in [0.2, 0.25) is 0 Å². The second-order valence-electron chi connectivity index (χ2n) is 5.95. The normalized spacial score (nSPS) is 18.4. The summed E-state index contributed by atoms with van der Waals surface area (Å²) in [6.07, 6.45) is 2.20. The summed E-state index contributed by atoms with van der Waals surface area (Å²) < 4.78 is 0. The maximum atomic E-state index is 5.85. The van der Waals surface area contributed by atoms with Crippen LogP contribution in [0.4, 0.5) is 5.95 Å². The molecule has 2 aromatic rings. The molecule has 20 heavy (non-hydrogen) atoms. The van der Waals surface area contributed by atoms with Crippen LogP contribution in [0.3, 0.4) is 0 Å². The van der Waals surface area contributed by atoms with E-state index in [9.17, 15) is 0 Å². The number of anilines is 1. The maximum absolute atomic E-state index is 5.85. The van der Waals surface area contributed by atoms with Crippen molar-refractivity contribution in [2.45, 2.75) is 26.7 Å². The number of aromatic amines is 1. The largest absolute Gasteiger partial charge is 0.339 e. The molecule has 0 saturated carbocycles. The van der Waals surface area contributed by atoms with Crippen LogP contribution in [-0.4, -0.2) is 34.8 Å². The SMILES string of the molecule is Cc1cscc1-c1nc(N2CCC(C)(CN)CC2)n[nH]1. The van der Waals surface area contributed by atoms with E-state index in [0.717, 1.165) is 49.8 Å². The summed E-state index contributed by atoms with van der Waals surface area (Å²) in [6.45, 7) is 7.08. The smallest absolute Gasteiger partial charge is 0.245 e. The van der Waals surface area contributed by atoms with Crippen molar-refractivity contribution < 1.29 is 0 Å². The third kappa shape index (κ3) is 2.45. The number of hydrogen-bond acceptors (Lipinski definition) is 5. The van der Waals surface area contributed by atoms with Crippen molar-refractivity contribution in [1.82, 2.24) is 15.2 Å². The molecule has 3 heterocycles. The number of nitrogens with two attached hydrogens (primary N) is 1. The van der Waals surface area contributed by atoms with Crippen LogP contribution in [0.1, 0.15) is 25.3 Å². The lowest BCUT2D eigenvalue weighted by Crippen LogP contribution is -2.42. The number of rotatable bonds is 3. The first kappa shape index (κ1) is 13.6. The molecule has 0 bridgehead atoms. The Kier molecular flexibility index (Phi) is 3.52. The Morgan fingerprint density at radius 1 is 1.40 bits per heavy atom. The quantitative estimate of drug-likeness (QED) is 0.911. The minimum atomic E-state index is 0.277. The number of aryl methyl sites for hydroxylation is 1. The van der Waals surface area contributed by atoms with Crippen LogP contribution in [0.25, 0.3) is 11.4 Å². The fourth-order valence-corrected chi connectivity index (χ4v) is 3.40. The number of thiophene rings is 1. The zero-order valence-electron chi connectivity index (χ0n) is 12.0. The lowest BCUT2D eigenvalue weighted by molar-refractivity contribution is 0.257. The van der Waals surface area contributed by atoms with E-state index < -0.39 is 0 Å². The highest BCUT2D eigenvalue weighted by Gasteiger charge is 2.30. The Balaban J connectivity index is 1.74. The molecule has 0 atom stereocenters. The van der Waals surface area contributed by atoms with Crippen LogP contribution in [0.15, 0.2) is 10.8 Å². The van der Waals surface area contributed by atoms with Gasteiger partial charge in [0.25, 0.3) is 0 Å². The molecule has 1 aliphatic rings. The van der Waals surface area contributed by atoms with Gasteiger partial charge in [-0.1, -0.05) is 6.92 Å². The lowest BCUT2D eigenvalue weighted by Gasteiger charge is -2.38. The molecule has 0 amide bonds. The summed E-state index contributed by atoms with van der Waals surface area (Å²) >= 11 is 1.69. The lowest BCUT2D eigenvalue weighted by atomic mass is 9.81. The molecule has 1 saturated heterocycles. The van der Waals surface area contributed by atoms with Crippen molar-refractivity contribution in [2.75, 3.05) is 24.5 Å². The molecular weight excluding hydrogens is 270 g/mol. The van der Waals surface area contributed by atoms with E-state index in [4.69, 9.17) is 5.73 Å². The number of nitrogens with one attached hydrogen (secondary N) is 1. The van der Waals surface area contributed by atoms with Gasteiger partial charge in [0, 0.05) is 24.0 Å². The maximum Gasteiger partial charge on any atom is 0.245 e. The number of aromatic nitrogens is 3. The van der Waals surface area contributed by atoms with Crippen molar-refractivity contribution in [3.8, 4) is 11.4 Å². The van der Waals surface area contributed by atoms with Crippen LogP contribution < -0.4 is 10.6 Å². The summed E-state index contributed by atoms with van der Waals surface area (Å²) in [5.74, 6) is 1.68. The van der Waals surface area contributed by atoms with Crippen LogP contribution in [0.5, 0.6) is 0 Å². The molecule has 3 rings (SSSR count). The summed E-state index contributed by atoms with van der Waals surface area (Å²) in [5, 5.41) is 11.7. The van der Waals surface area contributed by atoms with E-state index in [-0.39, 0.29) is 5.41 Å². The van der Waals surface area contributed by atoms with E-state index >= 15 is 0 Å². The number of piperidine rings is 1. The first-order valence-corrected chi connectivity index (χ1v) is 7.96. The van der Waals surface area contributed by atoms with Gasteiger partial charge in [-0.2, -0.15) is 16.3 Å². The first-order valence-electron chi connectivity index (χ1n) is 7.02. The molecule has 1 fully saturated rings. The van der Waals surface area contributed by atoms with Gasteiger partial charge in [-0.05, 0) is 42.7 Å². The molecule has 6 heteroatoms. The van der Waals surface area contributed by atoms with Crippen molar-refractivity contribution in [3.63, 3.8) is 0 Å². The summed E-state index contributed by atoms with van der Waals surface area (Å²) in [6, 6.07) is 0. The summed E-state index contributed by atoms with van der Waals surface area (Å²) in [5.41, 5.74) is 8.52. The highest BCUT2D eigenvalue weighted by molar-refractivity contribution is 7.08. The predicted molar refractivity (Wildman–Crippen MR) is 83.0 cm³/mol. The minimum Gasteiger partial charge on any atom is -0.339 e. The average Bonchev–Trinajstić information content (AvgIpc) is 3.08. The third-order valence-corrected chi connectivity index (χ3v) is 5.19. The second kappa shape index (κ2) is 5.18. The molecule has 108 valence electrons. The topological polar surface area (TPSA) is 70.8 Å². The number of H-pyrrole nitrogens is 1. The molecule has 0 aromatic carbocycles. The van der Waals surface area contributed by atoms with Gasteiger partial charge in [0.05, 0.1) is 0 Å². The molecule has 2 aromatic heterocycles.